The van der Waals surface area contributed by atoms with E-state index < -0.39 is 24.1 Å². The Morgan fingerprint density at radius 1 is 1.10 bits per heavy atom. The third-order valence-electron chi connectivity index (χ3n) is 3.49. The highest BCUT2D eigenvalue weighted by atomic mass is 16.4. The molecule has 0 radical (unpaired) electrons. The van der Waals surface area contributed by atoms with Crippen LogP contribution >= 0.6 is 0 Å². The van der Waals surface area contributed by atoms with Crippen molar-refractivity contribution in [2.75, 3.05) is 32.7 Å². The van der Waals surface area contributed by atoms with Gasteiger partial charge in [-0.15, -0.1) is 0 Å². The van der Waals surface area contributed by atoms with Crippen molar-refractivity contribution in [1.29, 1.82) is 0 Å². The minimum Gasteiger partial charge on any atom is -0.480 e. The quantitative estimate of drug-likeness (QED) is 0.549. The van der Waals surface area contributed by atoms with Crippen molar-refractivity contribution in [2.24, 2.45) is 0 Å². The number of carboxylic acid groups (broad SMARTS) is 1. The second-order valence-corrected chi connectivity index (χ2v) is 4.97. The number of nitrogens with zero attached hydrogens (tertiary/aromatic N) is 2. The van der Waals surface area contributed by atoms with Crippen LogP contribution in [0, 0.1) is 0 Å². The Hall–Kier alpha value is -1.34. The van der Waals surface area contributed by atoms with Gasteiger partial charge >= 0.3 is 12.0 Å². The monoisotopic (exact) mass is 303 g/mol. The highest BCUT2D eigenvalue weighted by Crippen LogP contribution is 1.99. The molecule has 2 amide bonds. The molecular weight excluding hydrogens is 274 g/mol. The Labute approximate surface area is 126 Å². The van der Waals surface area contributed by atoms with E-state index in [4.69, 9.17) is 5.11 Å². The van der Waals surface area contributed by atoms with Gasteiger partial charge in [-0.05, 0) is 39.9 Å². The lowest BCUT2D eigenvalue weighted by Crippen LogP contribution is -2.52. The predicted molar refractivity (Wildman–Crippen MR) is 81.3 cm³/mol. The average molecular weight is 303 g/mol. The van der Waals surface area contributed by atoms with Crippen molar-refractivity contribution in [3.8, 4) is 0 Å². The van der Waals surface area contributed by atoms with Crippen LogP contribution in [0.15, 0.2) is 0 Å². The van der Waals surface area contributed by atoms with Crippen molar-refractivity contribution in [1.82, 2.24) is 15.1 Å². The number of hydrogen-bond donors (Lipinski definition) is 3. The van der Waals surface area contributed by atoms with E-state index in [1.807, 2.05) is 6.92 Å². The molecule has 0 unspecified atom stereocenters. The zero-order chi connectivity index (χ0) is 16.4. The molecule has 2 atom stereocenters. The van der Waals surface area contributed by atoms with Crippen LogP contribution in [0.1, 0.15) is 34.1 Å². The molecule has 0 aromatic carbocycles. The molecule has 0 fully saturated rings. The van der Waals surface area contributed by atoms with E-state index in [-0.39, 0.29) is 0 Å². The van der Waals surface area contributed by atoms with E-state index in [0.717, 1.165) is 26.1 Å². The maximum absolute atomic E-state index is 12.0. The van der Waals surface area contributed by atoms with Gasteiger partial charge in [0.2, 0.25) is 0 Å². The molecule has 7 nitrogen and oxygen atoms in total. The van der Waals surface area contributed by atoms with Crippen LogP contribution in [0.2, 0.25) is 0 Å². The first kappa shape index (κ1) is 19.7. The largest absolute Gasteiger partial charge is 0.480 e. The molecule has 0 aromatic rings. The summed E-state index contributed by atoms with van der Waals surface area (Å²) in [6, 6.07) is -1.74. The molecule has 3 N–H and O–H groups in total. The summed E-state index contributed by atoms with van der Waals surface area (Å²) in [4.78, 5) is 26.8. The molecule has 0 spiro atoms. The zero-order valence-electron chi connectivity index (χ0n) is 13.5. The van der Waals surface area contributed by atoms with Crippen LogP contribution in [0.3, 0.4) is 0 Å². The van der Waals surface area contributed by atoms with Gasteiger partial charge in [-0.3, -0.25) is 0 Å². The van der Waals surface area contributed by atoms with Gasteiger partial charge in [0, 0.05) is 13.1 Å². The van der Waals surface area contributed by atoms with Gasteiger partial charge in [0.1, 0.15) is 0 Å². The summed E-state index contributed by atoms with van der Waals surface area (Å²) in [6.07, 6.45) is -0.309. The molecule has 7 heteroatoms. The Balaban J connectivity index is 4.38. The van der Waals surface area contributed by atoms with Crippen molar-refractivity contribution < 1.29 is 19.8 Å². The first-order valence-electron chi connectivity index (χ1n) is 7.55. The number of aliphatic hydroxyl groups is 1. The number of carboxylic acids is 1. The van der Waals surface area contributed by atoms with E-state index in [0.29, 0.717) is 13.1 Å². The van der Waals surface area contributed by atoms with Gasteiger partial charge in [-0.2, -0.15) is 0 Å². The minimum absolute atomic E-state index is 0.453. The van der Waals surface area contributed by atoms with Crippen molar-refractivity contribution in [3.63, 3.8) is 0 Å². The summed E-state index contributed by atoms with van der Waals surface area (Å²) in [7, 11) is 0. The smallest absolute Gasteiger partial charge is 0.328 e. The Bertz CT molecular complexity index is 319. The maximum Gasteiger partial charge on any atom is 0.328 e. The number of hydrogen-bond acceptors (Lipinski definition) is 4. The minimum atomic E-state index is -1.28. The lowest BCUT2D eigenvalue weighted by Gasteiger charge is -2.26. The summed E-state index contributed by atoms with van der Waals surface area (Å²) in [5, 5.41) is 20.7. The lowest BCUT2D eigenvalue weighted by molar-refractivity contribution is -0.141. The molecule has 0 saturated carbocycles. The molecule has 0 aliphatic rings. The van der Waals surface area contributed by atoms with Crippen LogP contribution in [0.25, 0.3) is 0 Å². The fourth-order valence-electron chi connectivity index (χ4n) is 2.04. The molecule has 0 aliphatic heterocycles. The van der Waals surface area contributed by atoms with Gasteiger partial charge in [0.25, 0.3) is 0 Å². The lowest BCUT2D eigenvalue weighted by atomic mass is 10.2. The maximum atomic E-state index is 12.0. The fraction of sp³-hybridized carbons (Fsp3) is 0.857. The van der Waals surface area contributed by atoms with Crippen LogP contribution in [-0.4, -0.2) is 76.9 Å². The summed E-state index contributed by atoms with van der Waals surface area (Å²) in [5.74, 6) is -1.24. The van der Waals surface area contributed by atoms with E-state index in [9.17, 15) is 14.7 Å². The van der Waals surface area contributed by atoms with Gasteiger partial charge in [-0.1, -0.05) is 13.8 Å². The zero-order valence-corrected chi connectivity index (χ0v) is 13.5. The molecule has 0 heterocycles. The third kappa shape index (κ3) is 7.29. The Morgan fingerprint density at radius 2 is 1.67 bits per heavy atom. The fourth-order valence-corrected chi connectivity index (χ4v) is 2.04. The highest BCUT2D eigenvalue weighted by Gasteiger charge is 2.26. The number of urea groups is 1. The van der Waals surface area contributed by atoms with Crippen LogP contribution in [0.5, 0.6) is 0 Å². The van der Waals surface area contributed by atoms with Crippen molar-refractivity contribution in [3.05, 3.63) is 0 Å². The molecular formula is C14H29N3O4. The number of carbonyl (C=O) groups excluding carboxylic acids is 1. The number of rotatable bonds is 10. The number of amides is 2. The predicted octanol–water partition coefficient (Wildman–Crippen LogP) is 0.584. The van der Waals surface area contributed by atoms with E-state index in [1.165, 1.54) is 6.92 Å². The standard InChI is InChI=1S/C14H29N3O4/c1-5-16(6-2)9-8-10-17(7-3)14(21)15-12(11(4)18)13(19)20/h11-12,18H,5-10H2,1-4H3,(H,15,21)(H,19,20)/t11-,12+/m1/s1. The van der Waals surface area contributed by atoms with Gasteiger partial charge in [0.05, 0.1) is 6.10 Å². The molecule has 0 aromatic heterocycles. The van der Waals surface area contributed by atoms with E-state index in [1.54, 1.807) is 4.90 Å². The van der Waals surface area contributed by atoms with Crippen LogP contribution in [-0.2, 0) is 4.79 Å². The third-order valence-corrected chi connectivity index (χ3v) is 3.49. The van der Waals surface area contributed by atoms with Gasteiger partial charge in [-0.25, -0.2) is 9.59 Å². The molecule has 0 saturated heterocycles. The summed E-state index contributed by atoms with van der Waals surface area (Å²) >= 11 is 0. The summed E-state index contributed by atoms with van der Waals surface area (Å²) in [5.41, 5.74) is 0. The number of aliphatic hydroxyl groups excluding tert-OH is 1. The van der Waals surface area contributed by atoms with E-state index >= 15 is 0 Å². The first-order valence-corrected chi connectivity index (χ1v) is 7.55. The second-order valence-electron chi connectivity index (χ2n) is 4.97. The number of aliphatic carboxylic acids is 1. The molecule has 21 heavy (non-hydrogen) atoms. The summed E-state index contributed by atoms with van der Waals surface area (Å²) in [6.45, 7) is 11.3. The normalized spacial score (nSPS) is 13.8. The molecule has 0 aliphatic carbocycles. The number of nitrogens with one attached hydrogen (secondary N) is 1. The van der Waals surface area contributed by atoms with Crippen LogP contribution in [0.4, 0.5) is 4.79 Å². The molecule has 124 valence electrons. The van der Waals surface area contributed by atoms with Gasteiger partial charge < -0.3 is 25.3 Å². The molecule has 0 bridgehead atoms. The second kappa shape index (κ2) is 10.4. The van der Waals surface area contributed by atoms with Crippen molar-refractivity contribution in [2.45, 2.75) is 46.3 Å². The summed E-state index contributed by atoms with van der Waals surface area (Å²) < 4.78 is 0. The average Bonchev–Trinajstić information content (AvgIpc) is 2.44. The Morgan fingerprint density at radius 3 is 2.05 bits per heavy atom. The highest BCUT2D eigenvalue weighted by molar-refractivity contribution is 5.83. The first-order chi connectivity index (χ1) is 9.87. The Kier molecular flexibility index (Phi) is 9.73. The van der Waals surface area contributed by atoms with Crippen LogP contribution < -0.4 is 5.32 Å². The molecule has 0 rings (SSSR count). The number of carbonyl (C=O) groups is 2. The topological polar surface area (TPSA) is 93.1 Å². The van der Waals surface area contributed by atoms with Gasteiger partial charge in [0.15, 0.2) is 6.04 Å². The van der Waals surface area contributed by atoms with E-state index in [2.05, 4.69) is 24.1 Å². The SMILES string of the molecule is CCN(CC)CCCN(CC)C(=O)N[C@H](C(=O)O)[C@@H](C)O. The van der Waals surface area contributed by atoms with Crippen molar-refractivity contribution >= 4 is 12.0 Å².